The average Bonchev–Trinajstić information content (AvgIpc) is 1.82. The van der Waals surface area contributed by atoms with Crippen LogP contribution in [-0.4, -0.2) is 17.0 Å². The Bertz CT molecular complexity index is 191. The standard InChI is InChI=1S/C8H12F2O2/c1-5-2-6(7(11)12)4-8(9,10)3-5/h5-6H,2-4H2,1H3,(H,11,12)/t5-,6-/m0/s1. The molecule has 0 heterocycles. The van der Waals surface area contributed by atoms with Crippen molar-refractivity contribution in [1.82, 2.24) is 0 Å². The van der Waals surface area contributed by atoms with E-state index in [0.29, 0.717) is 6.42 Å². The van der Waals surface area contributed by atoms with Crippen LogP contribution in [0.3, 0.4) is 0 Å². The lowest BCUT2D eigenvalue weighted by atomic mass is 9.80. The number of carbonyl (C=O) groups is 1. The van der Waals surface area contributed by atoms with Crippen molar-refractivity contribution in [2.24, 2.45) is 11.8 Å². The number of hydrogen-bond donors (Lipinski definition) is 1. The molecule has 4 heteroatoms. The molecular weight excluding hydrogens is 166 g/mol. The zero-order valence-electron chi connectivity index (χ0n) is 6.89. The SMILES string of the molecule is C[C@H]1C[C@H](C(=O)O)CC(F)(F)C1. The van der Waals surface area contributed by atoms with Crippen molar-refractivity contribution in [2.75, 3.05) is 0 Å². The lowest BCUT2D eigenvalue weighted by Crippen LogP contribution is -2.34. The van der Waals surface area contributed by atoms with Crippen molar-refractivity contribution in [1.29, 1.82) is 0 Å². The van der Waals surface area contributed by atoms with E-state index in [2.05, 4.69) is 0 Å². The van der Waals surface area contributed by atoms with Gasteiger partial charge in [-0.2, -0.15) is 0 Å². The third-order valence-corrected chi connectivity index (χ3v) is 2.23. The molecule has 70 valence electrons. The summed E-state index contributed by atoms with van der Waals surface area (Å²) in [6, 6.07) is 0. The van der Waals surface area contributed by atoms with Crippen LogP contribution in [0.2, 0.25) is 0 Å². The van der Waals surface area contributed by atoms with Gasteiger partial charge in [0.2, 0.25) is 5.92 Å². The van der Waals surface area contributed by atoms with E-state index in [1.165, 1.54) is 0 Å². The van der Waals surface area contributed by atoms with E-state index in [-0.39, 0.29) is 12.3 Å². The Hall–Kier alpha value is -0.670. The van der Waals surface area contributed by atoms with E-state index in [1.54, 1.807) is 6.92 Å². The molecule has 0 unspecified atom stereocenters. The maximum Gasteiger partial charge on any atom is 0.306 e. The summed E-state index contributed by atoms with van der Waals surface area (Å²) >= 11 is 0. The largest absolute Gasteiger partial charge is 0.481 e. The molecule has 2 atom stereocenters. The van der Waals surface area contributed by atoms with Crippen molar-refractivity contribution in [3.8, 4) is 0 Å². The molecule has 1 rings (SSSR count). The topological polar surface area (TPSA) is 37.3 Å². The van der Waals surface area contributed by atoms with E-state index in [1.807, 2.05) is 0 Å². The van der Waals surface area contributed by atoms with E-state index in [0.717, 1.165) is 0 Å². The highest BCUT2D eigenvalue weighted by atomic mass is 19.3. The Morgan fingerprint density at radius 1 is 1.50 bits per heavy atom. The lowest BCUT2D eigenvalue weighted by molar-refractivity contribution is -0.151. The van der Waals surface area contributed by atoms with Crippen LogP contribution in [-0.2, 0) is 4.79 Å². The van der Waals surface area contributed by atoms with Crippen LogP contribution in [0, 0.1) is 11.8 Å². The maximum atomic E-state index is 12.8. The molecule has 1 N–H and O–H groups in total. The quantitative estimate of drug-likeness (QED) is 0.667. The maximum absolute atomic E-state index is 12.8. The summed E-state index contributed by atoms with van der Waals surface area (Å²) in [7, 11) is 0. The molecule has 1 aliphatic rings. The Morgan fingerprint density at radius 3 is 2.50 bits per heavy atom. The van der Waals surface area contributed by atoms with Gasteiger partial charge in [0.25, 0.3) is 0 Å². The summed E-state index contributed by atoms with van der Waals surface area (Å²) in [5.74, 6) is -4.92. The predicted octanol–water partition coefficient (Wildman–Crippen LogP) is 2.14. The first-order valence-electron chi connectivity index (χ1n) is 4.01. The Labute approximate surface area is 69.6 Å². The highest BCUT2D eigenvalue weighted by Gasteiger charge is 2.42. The smallest absolute Gasteiger partial charge is 0.306 e. The fourth-order valence-electron chi connectivity index (χ4n) is 1.79. The summed E-state index contributed by atoms with van der Waals surface area (Å²) in [6.45, 7) is 1.67. The van der Waals surface area contributed by atoms with Crippen LogP contribution < -0.4 is 0 Å². The van der Waals surface area contributed by atoms with E-state index < -0.39 is 24.2 Å². The van der Waals surface area contributed by atoms with Gasteiger partial charge in [-0.3, -0.25) is 4.79 Å². The molecule has 0 amide bonds. The fraction of sp³-hybridized carbons (Fsp3) is 0.875. The third kappa shape index (κ3) is 2.16. The Morgan fingerprint density at radius 2 is 2.08 bits per heavy atom. The van der Waals surface area contributed by atoms with Crippen LogP contribution in [0.15, 0.2) is 0 Å². The average molecular weight is 178 g/mol. The minimum atomic E-state index is -2.78. The van der Waals surface area contributed by atoms with Crippen LogP contribution in [0.4, 0.5) is 8.78 Å². The highest BCUT2D eigenvalue weighted by molar-refractivity contribution is 5.70. The molecule has 12 heavy (non-hydrogen) atoms. The molecule has 1 fully saturated rings. The van der Waals surface area contributed by atoms with Gasteiger partial charge < -0.3 is 5.11 Å². The molecular formula is C8H12F2O2. The molecule has 0 saturated heterocycles. The molecule has 2 nitrogen and oxygen atoms in total. The van der Waals surface area contributed by atoms with E-state index in [9.17, 15) is 13.6 Å². The van der Waals surface area contributed by atoms with Crippen LogP contribution in [0.5, 0.6) is 0 Å². The van der Waals surface area contributed by atoms with Gasteiger partial charge in [0.05, 0.1) is 5.92 Å². The minimum absolute atomic E-state index is 0.170. The predicted molar refractivity (Wildman–Crippen MR) is 39.1 cm³/mol. The van der Waals surface area contributed by atoms with Crippen molar-refractivity contribution in [3.63, 3.8) is 0 Å². The number of halogens is 2. The summed E-state index contributed by atoms with van der Waals surface area (Å²) in [4.78, 5) is 10.5. The van der Waals surface area contributed by atoms with Gasteiger partial charge in [0, 0.05) is 12.8 Å². The van der Waals surface area contributed by atoms with Crippen molar-refractivity contribution < 1.29 is 18.7 Å². The van der Waals surface area contributed by atoms with Gasteiger partial charge in [-0.15, -0.1) is 0 Å². The van der Waals surface area contributed by atoms with Gasteiger partial charge in [-0.25, -0.2) is 8.78 Å². The molecule has 0 bridgehead atoms. The van der Waals surface area contributed by atoms with Gasteiger partial charge in [0.1, 0.15) is 0 Å². The zero-order valence-corrected chi connectivity index (χ0v) is 6.89. The first kappa shape index (κ1) is 9.42. The number of carboxylic acid groups (broad SMARTS) is 1. The summed E-state index contributed by atoms with van der Waals surface area (Å²) in [6.07, 6.45) is -0.283. The van der Waals surface area contributed by atoms with Crippen molar-refractivity contribution >= 4 is 5.97 Å². The highest BCUT2D eigenvalue weighted by Crippen LogP contribution is 2.39. The second-order valence-corrected chi connectivity index (χ2v) is 3.64. The number of hydrogen-bond acceptors (Lipinski definition) is 1. The fourth-order valence-corrected chi connectivity index (χ4v) is 1.79. The van der Waals surface area contributed by atoms with Crippen molar-refractivity contribution in [3.05, 3.63) is 0 Å². The summed E-state index contributed by atoms with van der Waals surface area (Å²) in [5, 5.41) is 8.55. The summed E-state index contributed by atoms with van der Waals surface area (Å²) in [5.41, 5.74) is 0. The lowest BCUT2D eigenvalue weighted by Gasteiger charge is -2.30. The number of alkyl halides is 2. The van der Waals surface area contributed by atoms with E-state index in [4.69, 9.17) is 5.11 Å². The van der Waals surface area contributed by atoms with Crippen molar-refractivity contribution in [2.45, 2.75) is 32.1 Å². The van der Waals surface area contributed by atoms with E-state index >= 15 is 0 Å². The second-order valence-electron chi connectivity index (χ2n) is 3.64. The number of carboxylic acids is 1. The molecule has 0 spiro atoms. The molecule has 0 radical (unpaired) electrons. The van der Waals surface area contributed by atoms with Gasteiger partial charge in [0.15, 0.2) is 0 Å². The molecule has 0 aromatic carbocycles. The summed E-state index contributed by atoms with van der Waals surface area (Å²) < 4.78 is 25.6. The molecule has 1 saturated carbocycles. The van der Waals surface area contributed by atoms with Gasteiger partial charge in [-0.1, -0.05) is 6.92 Å². The first-order valence-corrected chi connectivity index (χ1v) is 4.01. The number of rotatable bonds is 1. The van der Waals surface area contributed by atoms with Gasteiger partial charge in [-0.05, 0) is 12.3 Å². The zero-order chi connectivity index (χ0) is 9.35. The van der Waals surface area contributed by atoms with Gasteiger partial charge >= 0.3 is 5.97 Å². The Kier molecular flexibility index (Phi) is 2.35. The first-order chi connectivity index (χ1) is 5.41. The molecule has 0 aromatic rings. The number of aliphatic carboxylic acids is 1. The third-order valence-electron chi connectivity index (χ3n) is 2.23. The molecule has 0 aromatic heterocycles. The van der Waals surface area contributed by atoms with Crippen LogP contribution in [0.1, 0.15) is 26.2 Å². The Balaban J connectivity index is 2.64. The van der Waals surface area contributed by atoms with Crippen LogP contribution >= 0.6 is 0 Å². The van der Waals surface area contributed by atoms with Crippen LogP contribution in [0.25, 0.3) is 0 Å². The second kappa shape index (κ2) is 2.99. The molecule has 0 aliphatic heterocycles. The molecule has 1 aliphatic carbocycles. The monoisotopic (exact) mass is 178 g/mol. The normalized spacial score (nSPS) is 34.6. The minimum Gasteiger partial charge on any atom is -0.481 e.